The van der Waals surface area contributed by atoms with E-state index in [1.807, 2.05) is 83.1 Å². The number of rotatable bonds is 7. The summed E-state index contributed by atoms with van der Waals surface area (Å²) in [6, 6.07) is 15.1. The van der Waals surface area contributed by atoms with E-state index in [0.717, 1.165) is 23.0 Å². The molecular weight excluding hydrogens is 316 g/mol. The molecule has 4 nitrogen and oxygen atoms in total. The Morgan fingerprint density at radius 3 is 1.56 bits per heavy atom. The van der Waals surface area contributed by atoms with Gasteiger partial charge in [0, 0.05) is 7.11 Å². The largest absolute Gasteiger partial charge is 0.491 e. The molecule has 0 aliphatic carbocycles. The van der Waals surface area contributed by atoms with Gasteiger partial charge in [-0.2, -0.15) is 0 Å². The highest BCUT2D eigenvalue weighted by Gasteiger charge is 2.17. The lowest BCUT2D eigenvalue weighted by Gasteiger charge is -2.23. The van der Waals surface area contributed by atoms with Crippen LogP contribution in [0.4, 0.5) is 0 Å². The minimum absolute atomic E-state index is 0.213. The molecule has 0 aliphatic rings. The van der Waals surface area contributed by atoms with Gasteiger partial charge in [-0.3, -0.25) is 0 Å². The van der Waals surface area contributed by atoms with Crippen molar-refractivity contribution >= 4 is 0 Å². The smallest absolute Gasteiger partial charge is 0.127 e. The lowest BCUT2D eigenvalue weighted by molar-refractivity contribution is -0.0146. The first-order valence-corrected chi connectivity index (χ1v) is 8.42. The molecule has 0 spiro atoms. The monoisotopic (exact) mass is 344 g/mol. The minimum Gasteiger partial charge on any atom is -0.491 e. The summed E-state index contributed by atoms with van der Waals surface area (Å²) in [6.45, 7) is 10.5. The quantitative estimate of drug-likeness (QED) is 0.668. The normalized spacial score (nSPS) is 11.9. The molecule has 2 aromatic carbocycles. The maximum atomic E-state index is 5.85. The van der Waals surface area contributed by atoms with E-state index in [1.54, 1.807) is 7.11 Å². The highest BCUT2D eigenvalue weighted by molar-refractivity contribution is 5.37. The maximum Gasteiger partial charge on any atom is 0.127 e. The van der Waals surface area contributed by atoms with Crippen LogP contribution in [-0.4, -0.2) is 24.9 Å². The summed E-state index contributed by atoms with van der Waals surface area (Å²) < 4.78 is 22.7. The summed E-state index contributed by atoms with van der Waals surface area (Å²) in [5.41, 5.74) is -0.526. The van der Waals surface area contributed by atoms with E-state index in [-0.39, 0.29) is 11.2 Å². The fraction of sp³-hybridized carbons (Fsp3) is 0.429. The van der Waals surface area contributed by atoms with Crippen molar-refractivity contribution in [3.8, 4) is 23.0 Å². The molecule has 0 radical (unpaired) electrons. The zero-order valence-corrected chi connectivity index (χ0v) is 16.0. The van der Waals surface area contributed by atoms with Gasteiger partial charge in [0.05, 0.1) is 5.60 Å². The molecule has 2 rings (SSSR count). The van der Waals surface area contributed by atoms with E-state index in [0.29, 0.717) is 6.61 Å². The van der Waals surface area contributed by atoms with Crippen LogP contribution in [0.2, 0.25) is 0 Å². The average Bonchev–Trinajstić information content (AvgIpc) is 2.55. The van der Waals surface area contributed by atoms with E-state index in [2.05, 4.69) is 0 Å². The van der Waals surface area contributed by atoms with Crippen LogP contribution in [0.3, 0.4) is 0 Å². The van der Waals surface area contributed by atoms with Gasteiger partial charge in [0.25, 0.3) is 0 Å². The molecule has 0 aromatic heterocycles. The molecule has 0 atom stereocenters. The summed E-state index contributed by atoms with van der Waals surface area (Å²) in [5, 5.41) is 0. The van der Waals surface area contributed by atoms with Crippen molar-refractivity contribution in [2.45, 2.75) is 45.8 Å². The van der Waals surface area contributed by atoms with Crippen LogP contribution in [0.25, 0.3) is 0 Å². The molecule has 0 fully saturated rings. The first-order chi connectivity index (χ1) is 11.7. The molecular formula is C21H28O4. The van der Waals surface area contributed by atoms with Crippen molar-refractivity contribution in [1.82, 2.24) is 0 Å². The van der Waals surface area contributed by atoms with E-state index in [4.69, 9.17) is 18.9 Å². The molecule has 0 heterocycles. The highest BCUT2D eigenvalue weighted by Crippen LogP contribution is 2.27. The summed E-state index contributed by atoms with van der Waals surface area (Å²) in [4.78, 5) is 0. The van der Waals surface area contributed by atoms with Crippen LogP contribution in [-0.2, 0) is 4.74 Å². The zero-order chi connectivity index (χ0) is 18.5. The fourth-order valence-corrected chi connectivity index (χ4v) is 1.99. The summed E-state index contributed by atoms with van der Waals surface area (Å²) in [5.74, 6) is 3.12. The van der Waals surface area contributed by atoms with Crippen molar-refractivity contribution in [2.75, 3.05) is 13.7 Å². The lowest BCUT2D eigenvalue weighted by Crippen LogP contribution is -2.30. The Kier molecular flexibility index (Phi) is 5.96. The third-order valence-electron chi connectivity index (χ3n) is 3.45. The van der Waals surface area contributed by atoms with Crippen LogP contribution in [0.5, 0.6) is 23.0 Å². The van der Waals surface area contributed by atoms with Crippen molar-refractivity contribution in [2.24, 2.45) is 0 Å². The Bertz CT molecular complexity index is 652. The predicted octanol–water partition coefficient (Wildman–Crippen LogP) is 5.46. The number of hydrogen-bond acceptors (Lipinski definition) is 4. The van der Waals surface area contributed by atoms with Gasteiger partial charge in [0.2, 0.25) is 0 Å². The number of hydrogen-bond donors (Lipinski definition) is 0. The van der Waals surface area contributed by atoms with E-state index in [9.17, 15) is 0 Å². The first-order valence-electron chi connectivity index (χ1n) is 8.42. The second-order valence-corrected chi connectivity index (χ2v) is 7.51. The molecule has 0 unspecified atom stereocenters. The van der Waals surface area contributed by atoms with Crippen molar-refractivity contribution in [1.29, 1.82) is 0 Å². The van der Waals surface area contributed by atoms with Crippen LogP contribution in [0, 0.1) is 0 Å². The van der Waals surface area contributed by atoms with Crippen LogP contribution >= 0.6 is 0 Å². The maximum absolute atomic E-state index is 5.85. The van der Waals surface area contributed by atoms with Crippen LogP contribution < -0.4 is 14.2 Å². The molecule has 0 saturated heterocycles. The van der Waals surface area contributed by atoms with E-state index >= 15 is 0 Å². The molecule has 136 valence electrons. The summed E-state index contributed by atoms with van der Waals surface area (Å²) >= 11 is 0. The SMILES string of the molecule is COC(C)(C)COc1ccc(Oc2ccc(OC(C)(C)C)cc2)cc1. The van der Waals surface area contributed by atoms with Crippen LogP contribution in [0.1, 0.15) is 34.6 Å². The summed E-state index contributed by atoms with van der Waals surface area (Å²) in [6.07, 6.45) is 0. The molecule has 0 bridgehead atoms. The van der Waals surface area contributed by atoms with Gasteiger partial charge in [0.1, 0.15) is 35.2 Å². The number of benzene rings is 2. The molecule has 4 heteroatoms. The third kappa shape index (κ3) is 6.67. The Morgan fingerprint density at radius 1 is 0.680 bits per heavy atom. The number of methoxy groups -OCH3 is 1. The van der Waals surface area contributed by atoms with Gasteiger partial charge in [-0.25, -0.2) is 0 Å². The zero-order valence-electron chi connectivity index (χ0n) is 16.0. The van der Waals surface area contributed by atoms with Crippen molar-refractivity contribution in [3.05, 3.63) is 48.5 Å². The van der Waals surface area contributed by atoms with Gasteiger partial charge in [0.15, 0.2) is 0 Å². The molecule has 0 aliphatic heterocycles. The first kappa shape index (κ1) is 19.1. The molecule has 0 saturated carbocycles. The number of ether oxygens (including phenoxy) is 4. The Balaban J connectivity index is 1.92. The van der Waals surface area contributed by atoms with Crippen molar-refractivity contribution in [3.63, 3.8) is 0 Å². The van der Waals surface area contributed by atoms with Crippen LogP contribution in [0.15, 0.2) is 48.5 Å². The summed E-state index contributed by atoms with van der Waals surface area (Å²) in [7, 11) is 1.68. The third-order valence-corrected chi connectivity index (χ3v) is 3.45. The van der Waals surface area contributed by atoms with E-state index in [1.165, 1.54) is 0 Å². The molecule has 0 N–H and O–H groups in total. The van der Waals surface area contributed by atoms with Gasteiger partial charge in [-0.1, -0.05) is 0 Å². The average molecular weight is 344 g/mol. The van der Waals surface area contributed by atoms with Crippen molar-refractivity contribution < 1.29 is 18.9 Å². The van der Waals surface area contributed by atoms with E-state index < -0.39 is 0 Å². The fourth-order valence-electron chi connectivity index (χ4n) is 1.99. The second-order valence-electron chi connectivity index (χ2n) is 7.51. The van der Waals surface area contributed by atoms with Gasteiger partial charge in [-0.15, -0.1) is 0 Å². The van der Waals surface area contributed by atoms with Gasteiger partial charge >= 0.3 is 0 Å². The Labute approximate surface area is 150 Å². The minimum atomic E-state index is -0.313. The second kappa shape index (κ2) is 7.79. The van der Waals surface area contributed by atoms with Gasteiger partial charge < -0.3 is 18.9 Å². The predicted molar refractivity (Wildman–Crippen MR) is 99.9 cm³/mol. The topological polar surface area (TPSA) is 36.9 Å². The Morgan fingerprint density at radius 2 is 1.12 bits per heavy atom. The highest BCUT2D eigenvalue weighted by atomic mass is 16.5. The Hall–Kier alpha value is -2.20. The standard InChI is InChI=1S/C21H28O4/c1-20(2,3)25-19-13-11-18(12-14-19)24-17-9-7-16(8-10-17)23-15-21(4,5)22-6/h7-14H,15H2,1-6H3. The lowest BCUT2D eigenvalue weighted by atomic mass is 10.1. The molecule has 2 aromatic rings. The molecule has 25 heavy (non-hydrogen) atoms. The molecule has 0 amide bonds. The van der Waals surface area contributed by atoms with Gasteiger partial charge in [-0.05, 0) is 83.1 Å².